The molecule has 8 nitrogen and oxygen atoms in total. The number of ether oxygens (including phenoxy) is 1. The van der Waals surface area contributed by atoms with Gasteiger partial charge in [-0.25, -0.2) is 0 Å². The minimum atomic E-state index is -0.764. The molecule has 4 rings (SSSR count). The number of rotatable bonds is 9. The average molecular weight is 493 g/mol. The van der Waals surface area contributed by atoms with E-state index in [-0.39, 0.29) is 36.9 Å². The second-order valence-electron chi connectivity index (χ2n) is 9.68. The molecule has 2 aromatic rings. The topological polar surface area (TPSA) is 82.2 Å². The highest BCUT2D eigenvalue weighted by molar-refractivity contribution is 5.96. The Bertz CT molecular complexity index is 1040. The van der Waals surface area contributed by atoms with Crippen LogP contribution in [0.15, 0.2) is 60.7 Å². The molecule has 0 aromatic heterocycles. The maximum absolute atomic E-state index is 13.7. The lowest BCUT2D eigenvalue weighted by Gasteiger charge is -2.43. The van der Waals surface area contributed by atoms with Crippen LogP contribution in [-0.4, -0.2) is 72.0 Å². The predicted octanol–water partition coefficient (Wildman–Crippen LogP) is 2.79. The average Bonchev–Trinajstić information content (AvgIpc) is 3.16. The Labute approximate surface area is 213 Å². The molecule has 2 heterocycles. The van der Waals surface area contributed by atoms with E-state index in [4.69, 9.17) is 4.74 Å². The van der Waals surface area contributed by atoms with E-state index >= 15 is 0 Å². The van der Waals surface area contributed by atoms with E-state index in [1.165, 1.54) is 0 Å². The van der Waals surface area contributed by atoms with Crippen LogP contribution in [-0.2, 0) is 25.7 Å². The van der Waals surface area contributed by atoms with Crippen molar-refractivity contribution in [3.05, 3.63) is 66.2 Å². The predicted molar refractivity (Wildman–Crippen MR) is 138 cm³/mol. The summed E-state index contributed by atoms with van der Waals surface area (Å²) in [5, 5.41) is 2.96. The third-order valence-electron chi connectivity index (χ3n) is 7.22. The lowest BCUT2D eigenvalue weighted by molar-refractivity contribution is -0.142. The smallest absolute Gasteiger partial charge is 0.250 e. The molecule has 0 radical (unpaired) electrons. The largest absolute Gasteiger partial charge is 0.367 e. The number of piperidine rings is 1. The van der Waals surface area contributed by atoms with Gasteiger partial charge in [-0.05, 0) is 43.9 Å². The number of anilines is 1. The minimum Gasteiger partial charge on any atom is -0.367 e. The lowest BCUT2D eigenvalue weighted by atomic mass is 9.85. The number of nitrogens with one attached hydrogen (secondary N) is 1. The van der Waals surface area contributed by atoms with Gasteiger partial charge >= 0.3 is 0 Å². The number of likely N-dealkylation sites (tertiary alicyclic amines) is 1. The number of carbonyl (C=O) groups excluding carboxylic acids is 3. The first-order chi connectivity index (χ1) is 17.4. The van der Waals surface area contributed by atoms with Crippen LogP contribution in [0.4, 0.5) is 5.69 Å². The van der Waals surface area contributed by atoms with Crippen LogP contribution < -0.4 is 10.2 Å². The number of carbonyl (C=O) groups is 3. The van der Waals surface area contributed by atoms with E-state index in [2.05, 4.69) is 10.2 Å². The van der Waals surface area contributed by atoms with Gasteiger partial charge in [-0.15, -0.1) is 0 Å². The molecule has 192 valence electrons. The summed E-state index contributed by atoms with van der Waals surface area (Å²) in [4.78, 5) is 44.7. The highest BCUT2D eigenvalue weighted by Gasteiger charge is 2.54. The zero-order chi connectivity index (χ0) is 25.5. The van der Waals surface area contributed by atoms with E-state index in [1.807, 2.05) is 74.5 Å². The summed E-state index contributed by atoms with van der Waals surface area (Å²) in [6, 6.07) is 19.7. The van der Waals surface area contributed by atoms with Gasteiger partial charge in [0.1, 0.15) is 18.7 Å². The molecule has 1 atom stereocenters. The summed E-state index contributed by atoms with van der Waals surface area (Å²) in [6.07, 6.45) is 1.85. The second kappa shape index (κ2) is 11.6. The molecule has 0 aliphatic carbocycles. The first kappa shape index (κ1) is 25.7. The standard InChI is InChI=1S/C28H36N4O4/c1-3-22(2)29-25(33)18-31-21-32(24-12-8-5-9-13-24)28(27(31)35)14-16-30(17-15-28)26(34)20-36-19-23-10-6-4-7-11-23/h4-13,22H,3,14-21H2,1-2H3,(H,29,33). The molecule has 1 unspecified atom stereocenters. The SMILES string of the molecule is CCC(C)NC(=O)CN1CN(c2ccccc2)C2(CCN(C(=O)COCc3ccccc3)CC2)C1=O. The van der Waals surface area contributed by atoms with Gasteiger partial charge in [0.2, 0.25) is 11.8 Å². The highest BCUT2D eigenvalue weighted by Crippen LogP contribution is 2.39. The van der Waals surface area contributed by atoms with Crippen molar-refractivity contribution in [1.29, 1.82) is 0 Å². The summed E-state index contributed by atoms with van der Waals surface area (Å²) < 4.78 is 5.64. The Hall–Kier alpha value is -3.39. The summed E-state index contributed by atoms with van der Waals surface area (Å²) in [7, 11) is 0. The normalized spacial score (nSPS) is 17.9. The van der Waals surface area contributed by atoms with Crippen LogP contribution in [0.3, 0.4) is 0 Å². The minimum absolute atomic E-state index is 0.0140. The Morgan fingerprint density at radius 2 is 1.67 bits per heavy atom. The third kappa shape index (κ3) is 5.70. The maximum atomic E-state index is 13.7. The van der Waals surface area contributed by atoms with Crippen molar-refractivity contribution < 1.29 is 19.1 Å². The van der Waals surface area contributed by atoms with Gasteiger partial charge in [0, 0.05) is 24.8 Å². The van der Waals surface area contributed by atoms with Crippen LogP contribution in [0.25, 0.3) is 0 Å². The van der Waals surface area contributed by atoms with Crippen molar-refractivity contribution in [2.75, 3.05) is 37.8 Å². The van der Waals surface area contributed by atoms with E-state index in [0.717, 1.165) is 17.7 Å². The summed E-state index contributed by atoms with van der Waals surface area (Å²) >= 11 is 0. The molecule has 2 saturated heterocycles. The van der Waals surface area contributed by atoms with Crippen molar-refractivity contribution in [3.8, 4) is 0 Å². The van der Waals surface area contributed by atoms with Crippen molar-refractivity contribution in [2.45, 2.75) is 51.3 Å². The first-order valence-corrected chi connectivity index (χ1v) is 12.7. The van der Waals surface area contributed by atoms with Crippen LogP contribution >= 0.6 is 0 Å². The number of amides is 3. The van der Waals surface area contributed by atoms with Crippen molar-refractivity contribution in [2.24, 2.45) is 0 Å². The van der Waals surface area contributed by atoms with Crippen LogP contribution in [0.2, 0.25) is 0 Å². The molecule has 36 heavy (non-hydrogen) atoms. The molecule has 3 amide bonds. The van der Waals surface area contributed by atoms with Crippen molar-refractivity contribution in [3.63, 3.8) is 0 Å². The number of hydrogen-bond acceptors (Lipinski definition) is 5. The zero-order valence-corrected chi connectivity index (χ0v) is 21.2. The van der Waals surface area contributed by atoms with Gasteiger partial charge < -0.3 is 24.8 Å². The summed E-state index contributed by atoms with van der Waals surface area (Å²) in [5.41, 5.74) is 1.21. The molecule has 8 heteroatoms. The molecule has 2 aliphatic rings. The molecule has 1 spiro atoms. The zero-order valence-electron chi connectivity index (χ0n) is 21.2. The highest BCUT2D eigenvalue weighted by atomic mass is 16.5. The van der Waals surface area contributed by atoms with Gasteiger partial charge in [-0.3, -0.25) is 14.4 Å². The number of benzene rings is 2. The third-order valence-corrected chi connectivity index (χ3v) is 7.22. The second-order valence-corrected chi connectivity index (χ2v) is 9.68. The molecule has 0 bridgehead atoms. The number of hydrogen-bond donors (Lipinski definition) is 1. The fourth-order valence-corrected chi connectivity index (χ4v) is 4.97. The van der Waals surface area contributed by atoms with Crippen molar-refractivity contribution >= 4 is 23.4 Å². The first-order valence-electron chi connectivity index (χ1n) is 12.7. The van der Waals surface area contributed by atoms with Gasteiger partial charge in [-0.2, -0.15) is 0 Å². The van der Waals surface area contributed by atoms with Crippen LogP contribution in [0, 0.1) is 0 Å². The van der Waals surface area contributed by atoms with E-state index in [1.54, 1.807) is 9.80 Å². The van der Waals surface area contributed by atoms with Gasteiger partial charge in [0.05, 0.1) is 13.3 Å². The molecule has 0 saturated carbocycles. The Morgan fingerprint density at radius 3 is 2.31 bits per heavy atom. The van der Waals surface area contributed by atoms with E-state index in [0.29, 0.717) is 39.2 Å². The number of para-hydroxylation sites is 1. The maximum Gasteiger partial charge on any atom is 0.250 e. The molecule has 2 fully saturated rings. The van der Waals surface area contributed by atoms with E-state index < -0.39 is 5.54 Å². The lowest BCUT2D eigenvalue weighted by Crippen LogP contribution is -2.57. The summed E-state index contributed by atoms with van der Waals surface area (Å²) in [6.45, 7) is 5.69. The fourth-order valence-electron chi connectivity index (χ4n) is 4.97. The molecule has 2 aliphatic heterocycles. The van der Waals surface area contributed by atoms with Gasteiger partial charge in [0.25, 0.3) is 5.91 Å². The van der Waals surface area contributed by atoms with E-state index in [9.17, 15) is 14.4 Å². The Morgan fingerprint density at radius 1 is 1.03 bits per heavy atom. The number of nitrogens with zero attached hydrogens (tertiary/aromatic N) is 3. The fraction of sp³-hybridized carbons (Fsp3) is 0.464. The molecule has 1 N–H and O–H groups in total. The molecule has 2 aromatic carbocycles. The van der Waals surface area contributed by atoms with Gasteiger partial charge in [-0.1, -0.05) is 55.5 Å². The molecular formula is C28H36N4O4. The van der Waals surface area contributed by atoms with Gasteiger partial charge in [0.15, 0.2) is 0 Å². The molecular weight excluding hydrogens is 456 g/mol. The van der Waals surface area contributed by atoms with Crippen molar-refractivity contribution in [1.82, 2.24) is 15.1 Å². The van der Waals surface area contributed by atoms with Crippen LogP contribution in [0.1, 0.15) is 38.7 Å². The Kier molecular flexibility index (Phi) is 8.25. The summed E-state index contributed by atoms with van der Waals surface area (Å²) in [5.74, 6) is -0.258. The monoisotopic (exact) mass is 492 g/mol. The Balaban J connectivity index is 1.41. The quantitative estimate of drug-likeness (QED) is 0.582. The van der Waals surface area contributed by atoms with Crippen LogP contribution in [0.5, 0.6) is 0 Å².